The molecule has 0 aromatic heterocycles. The average molecular weight is 312 g/mol. The van der Waals surface area contributed by atoms with E-state index < -0.39 is 12.1 Å². The molecule has 7 heteroatoms. The lowest BCUT2D eigenvalue weighted by atomic mass is 10.1. The maximum atomic E-state index is 12.2. The fourth-order valence-corrected chi connectivity index (χ4v) is 1.76. The van der Waals surface area contributed by atoms with E-state index in [0.29, 0.717) is 17.2 Å². The largest absolute Gasteiger partial charge is 0.471 e. The highest BCUT2D eigenvalue weighted by Crippen LogP contribution is 2.30. The molecule has 0 bridgehead atoms. The number of nitrogens with one attached hydrogen (secondary N) is 2. The Morgan fingerprint density at radius 3 is 2.55 bits per heavy atom. The second-order valence-corrected chi connectivity index (χ2v) is 5.02. The van der Waals surface area contributed by atoms with Crippen molar-refractivity contribution < 1.29 is 22.8 Å². The summed E-state index contributed by atoms with van der Waals surface area (Å²) < 4.78 is 36.5. The fourth-order valence-electron chi connectivity index (χ4n) is 1.76. The summed E-state index contributed by atoms with van der Waals surface area (Å²) in [5.74, 6) is -1.91. The lowest BCUT2D eigenvalue weighted by molar-refractivity contribution is -0.173. The number of rotatable bonds is 5. The number of anilines is 1. The summed E-state index contributed by atoms with van der Waals surface area (Å²) in [4.78, 5) is 22.6. The first-order valence-electron chi connectivity index (χ1n) is 6.78. The molecular weight excluding hydrogens is 297 g/mol. The Labute approximate surface area is 125 Å². The number of halogens is 3. The minimum absolute atomic E-state index is 0.318. The van der Waals surface area contributed by atoms with E-state index in [0.717, 1.165) is 12.8 Å². The summed E-state index contributed by atoms with van der Waals surface area (Å²) in [6, 6.07) is 6.37. The molecule has 1 aliphatic rings. The Morgan fingerprint density at radius 1 is 1.23 bits per heavy atom. The van der Waals surface area contributed by atoms with Crippen molar-refractivity contribution in [1.29, 1.82) is 0 Å². The predicted octanol–water partition coefficient (Wildman–Crippen LogP) is 2.77. The molecule has 0 radical (unpaired) electrons. The third-order valence-corrected chi connectivity index (χ3v) is 3.11. The van der Waals surface area contributed by atoms with Gasteiger partial charge in [0, 0.05) is 12.2 Å². The van der Waals surface area contributed by atoms with Crippen molar-refractivity contribution in [2.75, 3.05) is 5.32 Å². The minimum atomic E-state index is -4.93. The van der Waals surface area contributed by atoms with E-state index in [1.54, 1.807) is 23.5 Å². The normalized spacial score (nSPS) is 14.9. The lowest BCUT2D eigenvalue weighted by Gasteiger charge is -2.12. The summed E-state index contributed by atoms with van der Waals surface area (Å²) >= 11 is 0. The maximum absolute atomic E-state index is 12.2. The van der Waals surface area contributed by atoms with Crippen molar-refractivity contribution in [3.8, 4) is 0 Å². The molecule has 0 heterocycles. The molecule has 2 N–H and O–H groups in total. The van der Waals surface area contributed by atoms with Gasteiger partial charge >= 0.3 is 12.1 Å². The van der Waals surface area contributed by atoms with Crippen LogP contribution >= 0.6 is 0 Å². The first kappa shape index (κ1) is 16.1. The van der Waals surface area contributed by atoms with Gasteiger partial charge in [-0.05, 0) is 36.5 Å². The maximum Gasteiger partial charge on any atom is 0.471 e. The second-order valence-electron chi connectivity index (χ2n) is 5.02. The first-order valence-corrected chi connectivity index (χ1v) is 6.78. The van der Waals surface area contributed by atoms with Gasteiger partial charge in [0.25, 0.3) is 0 Å². The summed E-state index contributed by atoms with van der Waals surface area (Å²) in [7, 11) is 0. The van der Waals surface area contributed by atoms with Crippen LogP contribution in [-0.2, 0) is 16.1 Å². The van der Waals surface area contributed by atoms with Crippen molar-refractivity contribution in [3.63, 3.8) is 0 Å². The molecule has 0 atom stereocenters. The van der Waals surface area contributed by atoms with E-state index in [-0.39, 0.29) is 12.5 Å². The van der Waals surface area contributed by atoms with Gasteiger partial charge in [0.05, 0.1) is 0 Å². The zero-order valence-electron chi connectivity index (χ0n) is 11.6. The molecule has 118 valence electrons. The number of hydrogen-bond donors (Lipinski definition) is 2. The first-order chi connectivity index (χ1) is 10.4. The van der Waals surface area contributed by atoms with Crippen molar-refractivity contribution >= 4 is 17.5 Å². The van der Waals surface area contributed by atoms with E-state index in [4.69, 9.17) is 0 Å². The summed E-state index contributed by atoms with van der Waals surface area (Å²) in [6.07, 6.45) is 0.449. The van der Waals surface area contributed by atoms with Gasteiger partial charge in [0.15, 0.2) is 0 Å². The number of amides is 2. The van der Waals surface area contributed by atoms with Crippen molar-refractivity contribution in [2.24, 2.45) is 5.92 Å². The molecule has 1 aliphatic carbocycles. The Bertz CT molecular complexity index is 593. The SMILES string of the molecule is O=C(/C=C/C1CC1)Nc1ccccc1CNC(=O)C(F)(F)F. The van der Waals surface area contributed by atoms with Crippen molar-refractivity contribution in [1.82, 2.24) is 5.32 Å². The van der Waals surface area contributed by atoms with E-state index in [2.05, 4.69) is 5.32 Å². The van der Waals surface area contributed by atoms with Gasteiger partial charge in [-0.15, -0.1) is 0 Å². The Kier molecular flexibility index (Phi) is 4.85. The van der Waals surface area contributed by atoms with Crippen LogP contribution in [0, 0.1) is 5.92 Å². The van der Waals surface area contributed by atoms with Crippen LogP contribution < -0.4 is 10.6 Å². The summed E-state index contributed by atoms with van der Waals surface area (Å²) in [6.45, 7) is -0.318. The molecule has 2 amide bonds. The number of carbonyl (C=O) groups is 2. The second kappa shape index (κ2) is 6.64. The lowest BCUT2D eigenvalue weighted by Crippen LogP contribution is -2.36. The van der Waals surface area contributed by atoms with Gasteiger partial charge in [-0.2, -0.15) is 13.2 Å². The van der Waals surface area contributed by atoms with Crippen LogP contribution in [0.15, 0.2) is 36.4 Å². The zero-order valence-corrected chi connectivity index (χ0v) is 11.6. The smallest absolute Gasteiger partial charge is 0.344 e. The Hall–Kier alpha value is -2.31. The van der Waals surface area contributed by atoms with Crippen LogP contribution in [0.2, 0.25) is 0 Å². The molecule has 0 spiro atoms. The van der Waals surface area contributed by atoms with Crippen LogP contribution in [-0.4, -0.2) is 18.0 Å². The predicted molar refractivity (Wildman–Crippen MR) is 74.8 cm³/mol. The van der Waals surface area contributed by atoms with E-state index in [1.165, 1.54) is 12.1 Å². The van der Waals surface area contributed by atoms with Crippen LogP contribution in [0.4, 0.5) is 18.9 Å². The monoisotopic (exact) mass is 312 g/mol. The van der Waals surface area contributed by atoms with E-state index in [1.807, 2.05) is 6.08 Å². The minimum Gasteiger partial charge on any atom is -0.344 e. The Morgan fingerprint density at radius 2 is 1.91 bits per heavy atom. The zero-order chi connectivity index (χ0) is 16.2. The number of alkyl halides is 3. The van der Waals surface area contributed by atoms with E-state index >= 15 is 0 Å². The van der Waals surface area contributed by atoms with Gasteiger partial charge in [-0.25, -0.2) is 0 Å². The molecule has 1 saturated carbocycles. The van der Waals surface area contributed by atoms with Crippen LogP contribution in [0.25, 0.3) is 0 Å². The fraction of sp³-hybridized carbons (Fsp3) is 0.333. The van der Waals surface area contributed by atoms with Crippen molar-refractivity contribution in [2.45, 2.75) is 25.6 Å². The molecule has 1 fully saturated rings. The third-order valence-electron chi connectivity index (χ3n) is 3.11. The topological polar surface area (TPSA) is 58.2 Å². The van der Waals surface area contributed by atoms with Gasteiger partial charge in [-0.3, -0.25) is 9.59 Å². The molecule has 4 nitrogen and oxygen atoms in total. The highest BCUT2D eigenvalue weighted by Gasteiger charge is 2.38. The number of benzene rings is 1. The van der Waals surface area contributed by atoms with Crippen LogP contribution in [0.5, 0.6) is 0 Å². The van der Waals surface area contributed by atoms with E-state index in [9.17, 15) is 22.8 Å². The summed E-state index contributed by atoms with van der Waals surface area (Å²) in [5, 5.41) is 4.38. The molecule has 22 heavy (non-hydrogen) atoms. The van der Waals surface area contributed by atoms with Crippen LogP contribution in [0.3, 0.4) is 0 Å². The van der Waals surface area contributed by atoms with Gasteiger partial charge in [-0.1, -0.05) is 24.3 Å². The molecular formula is C15H15F3N2O2. The molecule has 0 aliphatic heterocycles. The molecule has 1 aromatic rings. The standard InChI is InChI=1S/C15H15F3N2O2/c16-15(17,18)14(22)19-9-11-3-1-2-4-12(11)20-13(21)8-7-10-5-6-10/h1-4,7-8,10H,5-6,9H2,(H,19,22)(H,20,21)/b8-7+. The highest BCUT2D eigenvalue weighted by molar-refractivity contribution is 5.99. The van der Waals surface area contributed by atoms with Gasteiger partial charge in [0.1, 0.15) is 0 Å². The van der Waals surface area contributed by atoms with Gasteiger partial charge in [0.2, 0.25) is 5.91 Å². The average Bonchev–Trinajstić information content (AvgIpc) is 3.27. The molecule has 0 saturated heterocycles. The van der Waals surface area contributed by atoms with Crippen LogP contribution in [0.1, 0.15) is 18.4 Å². The molecule has 0 unspecified atom stereocenters. The number of carbonyl (C=O) groups excluding carboxylic acids is 2. The van der Waals surface area contributed by atoms with Crippen molar-refractivity contribution in [3.05, 3.63) is 42.0 Å². The molecule has 2 rings (SSSR count). The third kappa shape index (κ3) is 4.91. The van der Waals surface area contributed by atoms with Gasteiger partial charge < -0.3 is 10.6 Å². The quantitative estimate of drug-likeness (QED) is 0.821. The summed E-state index contributed by atoms with van der Waals surface area (Å²) in [5.41, 5.74) is 0.767. The molecule has 1 aromatic carbocycles. The number of para-hydroxylation sites is 1. The highest BCUT2D eigenvalue weighted by atomic mass is 19.4. The number of allylic oxidation sites excluding steroid dienone is 1. The Balaban J connectivity index is 1.97. The number of hydrogen-bond acceptors (Lipinski definition) is 2.